The minimum absolute atomic E-state index is 0.169. The van der Waals surface area contributed by atoms with Gasteiger partial charge in [0, 0.05) is 29.9 Å². The fourth-order valence-corrected chi connectivity index (χ4v) is 3.15. The Balaban J connectivity index is 1.80. The van der Waals surface area contributed by atoms with Crippen LogP contribution in [-0.4, -0.2) is 36.3 Å². The smallest absolute Gasteiger partial charge is 0.108 e. The van der Waals surface area contributed by atoms with Gasteiger partial charge < -0.3 is 15.7 Å². The molecule has 3 N–H and O–H groups in total. The lowest BCUT2D eigenvalue weighted by atomic mass is 9.89. The number of nitrogens with zero attached hydrogens (tertiary/aromatic N) is 2. The number of hydrogen-bond donors (Lipinski definition) is 2. The quantitative estimate of drug-likeness (QED) is 0.363. The Kier molecular flexibility index (Phi) is 6.30. The molecule has 0 spiro atoms. The van der Waals surface area contributed by atoms with E-state index in [0.717, 1.165) is 36.1 Å². The summed E-state index contributed by atoms with van der Waals surface area (Å²) in [5.41, 5.74) is 1.92. The van der Waals surface area contributed by atoms with E-state index in [0.29, 0.717) is 18.2 Å². The van der Waals surface area contributed by atoms with Crippen molar-refractivity contribution in [2.45, 2.75) is 57.7 Å². The van der Waals surface area contributed by atoms with Crippen LogP contribution in [0.4, 0.5) is 0 Å². The van der Waals surface area contributed by atoms with Gasteiger partial charge in [0.15, 0.2) is 0 Å². The molecule has 0 aromatic heterocycles. The summed E-state index contributed by atoms with van der Waals surface area (Å²) in [6.07, 6.45) is 7.57. The number of hydrogen-bond acceptors (Lipinski definition) is 5. The van der Waals surface area contributed by atoms with Gasteiger partial charge in [-0.2, -0.15) is 5.10 Å². The first-order chi connectivity index (χ1) is 13.0. The summed E-state index contributed by atoms with van der Waals surface area (Å²) >= 11 is 0. The molecule has 1 saturated heterocycles. The number of ether oxygens (including phenoxy) is 1. The Labute approximate surface area is 161 Å². The molecule has 1 aliphatic carbocycles. The third kappa shape index (κ3) is 5.66. The van der Waals surface area contributed by atoms with Crippen molar-refractivity contribution in [3.05, 3.63) is 34.9 Å². The van der Waals surface area contributed by atoms with Crippen LogP contribution >= 0.6 is 0 Å². The lowest BCUT2D eigenvalue weighted by Gasteiger charge is -2.22. The highest BCUT2D eigenvalue weighted by Crippen LogP contribution is 2.28. The summed E-state index contributed by atoms with van der Waals surface area (Å²) in [5, 5.41) is 14.6. The standard InChI is InChI=1S/C22H29N3O2/c1-22(2,26)20-13-17(9-8-16-6-7-16)10-11-19(20)21(25-23)15-24-14-18-5-3-4-12-27-18/h10-11,13,15-16,18,26H,3-7,12,14,23H2,1-2H3/b24-15?,25-21+. The number of aliphatic imine (C=N–C) groups is 1. The second-order valence-electron chi connectivity index (χ2n) is 7.86. The van der Waals surface area contributed by atoms with Crippen molar-refractivity contribution < 1.29 is 9.84 Å². The third-order valence-electron chi connectivity index (χ3n) is 4.89. The number of nitrogens with two attached hydrogens (primary N) is 1. The summed E-state index contributed by atoms with van der Waals surface area (Å²) in [5.74, 6) is 12.6. The van der Waals surface area contributed by atoms with Crippen molar-refractivity contribution in [2.75, 3.05) is 13.2 Å². The maximum Gasteiger partial charge on any atom is 0.108 e. The van der Waals surface area contributed by atoms with E-state index in [-0.39, 0.29) is 6.10 Å². The number of benzene rings is 1. The van der Waals surface area contributed by atoms with Crippen LogP contribution in [0.2, 0.25) is 0 Å². The van der Waals surface area contributed by atoms with Crippen molar-refractivity contribution in [1.82, 2.24) is 0 Å². The van der Waals surface area contributed by atoms with Gasteiger partial charge in [-0.1, -0.05) is 17.9 Å². The highest BCUT2D eigenvalue weighted by atomic mass is 16.5. The highest BCUT2D eigenvalue weighted by Gasteiger charge is 2.23. The Morgan fingerprint density at radius 2 is 2.15 bits per heavy atom. The van der Waals surface area contributed by atoms with E-state index >= 15 is 0 Å². The van der Waals surface area contributed by atoms with E-state index in [1.54, 1.807) is 20.1 Å². The summed E-state index contributed by atoms with van der Waals surface area (Å²) in [6, 6.07) is 5.79. The molecule has 2 aliphatic rings. The molecule has 27 heavy (non-hydrogen) atoms. The SMILES string of the molecule is CC(C)(O)c1cc(C#CC2CC2)ccc1/C(C=NCC1CCCCO1)=N/N. The Bertz CT molecular complexity index is 771. The molecule has 1 saturated carbocycles. The molecule has 0 bridgehead atoms. The summed E-state index contributed by atoms with van der Waals surface area (Å²) in [6.45, 7) is 4.92. The zero-order valence-corrected chi connectivity index (χ0v) is 16.2. The van der Waals surface area contributed by atoms with E-state index in [1.807, 2.05) is 18.2 Å². The van der Waals surface area contributed by atoms with Crippen LogP contribution in [0.3, 0.4) is 0 Å². The molecular formula is C22H29N3O2. The first-order valence-electron chi connectivity index (χ1n) is 9.75. The zero-order valence-electron chi connectivity index (χ0n) is 16.2. The second-order valence-corrected chi connectivity index (χ2v) is 7.86. The third-order valence-corrected chi connectivity index (χ3v) is 4.89. The molecule has 5 heteroatoms. The summed E-state index contributed by atoms with van der Waals surface area (Å²) in [4.78, 5) is 4.49. The maximum atomic E-state index is 10.6. The fourth-order valence-electron chi connectivity index (χ4n) is 3.15. The van der Waals surface area contributed by atoms with Crippen LogP contribution in [0.1, 0.15) is 62.6 Å². The van der Waals surface area contributed by atoms with Gasteiger partial charge in [0.2, 0.25) is 0 Å². The summed E-state index contributed by atoms with van der Waals surface area (Å²) < 4.78 is 5.70. The molecule has 1 unspecified atom stereocenters. The second kappa shape index (κ2) is 8.69. The Morgan fingerprint density at radius 1 is 1.33 bits per heavy atom. The van der Waals surface area contributed by atoms with Gasteiger partial charge in [-0.05, 0) is 63.6 Å². The van der Waals surface area contributed by atoms with Crippen molar-refractivity contribution in [3.63, 3.8) is 0 Å². The highest BCUT2D eigenvalue weighted by molar-refractivity contribution is 6.38. The van der Waals surface area contributed by atoms with Crippen molar-refractivity contribution in [2.24, 2.45) is 21.9 Å². The van der Waals surface area contributed by atoms with Gasteiger partial charge in [-0.25, -0.2) is 0 Å². The first kappa shape index (κ1) is 19.6. The lowest BCUT2D eigenvalue weighted by molar-refractivity contribution is 0.0226. The molecule has 1 aliphatic heterocycles. The van der Waals surface area contributed by atoms with Crippen LogP contribution in [0.25, 0.3) is 0 Å². The van der Waals surface area contributed by atoms with Gasteiger partial charge >= 0.3 is 0 Å². The Morgan fingerprint density at radius 3 is 2.78 bits per heavy atom. The predicted molar refractivity (Wildman–Crippen MR) is 109 cm³/mol. The molecule has 0 radical (unpaired) electrons. The van der Waals surface area contributed by atoms with E-state index in [9.17, 15) is 5.11 Å². The monoisotopic (exact) mass is 367 g/mol. The van der Waals surface area contributed by atoms with Gasteiger partial charge in [-0.15, -0.1) is 0 Å². The molecule has 1 heterocycles. The lowest BCUT2D eigenvalue weighted by Crippen LogP contribution is -2.23. The van der Waals surface area contributed by atoms with Gasteiger partial charge in [-0.3, -0.25) is 4.99 Å². The van der Waals surface area contributed by atoms with Gasteiger partial charge in [0.05, 0.1) is 18.2 Å². The molecule has 1 aromatic rings. The van der Waals surface area contributed by atoms with E-state index < -0.39 is 5.60 Å². The number of hydrazone groups is 1. The topological polar surface area (TPSA) is 80.2 Å². The Hall–Kier alpha value is -2.16. The van der Waals surface area contributed by atoms with Crippen molar-refractivity contribution in [3.8, 4) is 11.8 Å². The molecule has 144 valence electrons. The maximum absolute atomic E-state index is 10.6. The van der Waals surface area contributed by atoms with Gasteiger partial charge in [0.25, 0.3) is 0 Å². The average Bonchev–Trinajstić information content (AvgIpc) is 3.48. The number of aliphatic hydroxyl groups is 1. The first-order valence-corrected chi connectivity index (χ1v) is 9.75. The fraction of sp³-hybridized carbons (Fsp3) is 0.545. The van der Waals surface area contributed by atoms with E-state index in [1.165, 1.54) is 19.3 Å². The minimum Gasteiger partial charge on any atom is -0.386 e. The largest absolute Gasteiger partial charge is 0.386 e. The van der Waals surface area contributed by atoms with Gasteiger partial charge in [0.1, 0.15) is 5.71 Å². The molecule has 0 amide bonds. The van der Waals surface area contributed by atoms with E-state index in [4.69, 9.17) is 10.6 Å². The zero-order chi connectivity index (χ0) is 19.3. The molecule has 1 atom stereocenters. The molecule has 5 nitrogen and oxygen atoms in total. The normalized spacial score (nSPS) is 21.1. The van der Waals surface area contributed by atoms with Crippen LogP contribution in [0.5, 0.6) is 0 Å². The minimum atomic E-state index is -1.04. The van der Waals surface area contributed by atoms with Crippen LogP contribution in [0.15, 0.2) is 28.3 Å². The average molecular weight is 367 g/mol. The van der Waals surface area contributed by atoms with E-state index in [2.05, 4.69) is 21.9 Å². The summed E-state index contributed by atoms with van der Waals surface area (Å²) in [7, 11) is 0. The van der Waals surface area contributed by atoms with Crippen LogP contribution in [0, 0.1) is 17.8 Å². The predicted octanol–water partition coefficient (Wildman–Crippen LogP) is 2.98. The van der Waals surface area contributed by atoms with Crippen molar-refractivity contribution >= 4 is 11.9 Å². The molecular weight excluding hydrogens is 338 g/mol. The molecule has 2 fully saturated rings. The number of rotatable bonds is 5. The van der Waals surface area contributed by atoms with Crippen molar-refractivity contribution in [1.29, 1.82) is 0 Å². The van der Waals surface area contributed by atoms with Crippen LogP contribution < -0.4 is 5.84 Å². The molecule has 3 rings (SSSR count). The van der Waals surface area contributed by atoms with Crippen LogP contribution in [-0.2, 0) is 10.3 Å². The molecule has 1 aromatic carbocycles.